The summed E-state index contributed by atoms with van der Waals surface area (Å²) in [4.78, 5) is 37.1. The van der Waals surface area contributed by atoms with E-state index in [1.165, 1.54) is 11.3 Å². The SMILES string of the molecule is O=C(OCC(=O)N1CCN(c2ccccn2)CC1)c1csc(NCc2ccccc2)n1. The van der Waals surface area contributed by atoms with Crippen LogP contribution in [-0.4, -0.2) is 59.5 Å². The number of aromatic nitrogens is 2. The van der Waals surface area contributed by atoms with Gasteiger partial charge in [-0.2, -0.15) is 0 Å². The van der Waals surface area contributed by atoms with Crippen LogP contribution in [0.25, 0.3) is 0 Å². The lowest BCUT2D eigenvalue weighted by molar-refractivity contribution is -0.134. The Morgan fingerprint density at radius 1 is 1.03 bits per heavy atom. The van der Waals surface area contributed by atoms with E-state index in [4.69, 9.17) is 4.74 Å². The number of rotatable bonds is 7. The molecule has 3 aromatic rings. The number of nitrogens with zero attached hydrogens (tertiary/aromatic N) is 4. The average Bonchev–Trinajstić information content (AvgIpc) is 3.32. The zero-order valence-electron chi connectivity index (χ0n) is 16.9. The highest BCUT2D eigenvalue weighted by molar-refractivity contribution is 7.13. The van der Waals surface area contributed by atoms with Gasteiger partial charge in [0.05, 0.1) is 0 Å². The van der Waals surface area contributed by atoms with Gasteiger partial charge in [-0.05, 0) is 17.7 Å². The molecular weight excluding hydrogens is 414 g/mol. The first-order valence-electron chi connectivity index (χ1n) is 10.0. The number of hydrogen-bond acceptors (Lipinski definition) is 8. The second kappa shape index (κ2) is 10.0. The third-order valence-electron chi connectivity index (χ3n) is 4.93. The summed E-state index contributed by atoms with van der Waals surface area (Å²) in [7, 11) is 0. The summed E-state index contributed by atoms with van der Waals surface area (Å²) in [5.74, 6) is 0.109. The quantitative estimate of drug-likeness (QED) is 0.569. The number of benzene rings is 1. The Kier molecular flexibility index (Phi) is 6.73. The predicted octanol–water partition coefficient (Wildman–Crippen LogP) is 2.66. The molecule has 1 aromatic carbocycles. The largest absolute Gasteiger partial charge is 0.451 e. The van der Waals surface area contributed by atoms with Gasteiger partial charge in [-0.1, -0.05) is 36.4 Å². The van der Waals surface area contributed by atoms with Crippen LogP contribution in [-0.2, 0) is 16.1 Å². The first-order valence-corrected chi connectivity index (χ1v) is 10.9. The number of esters is 1. The molecular formula is C22H23N5O3S. The van der Waals surface area contributed by atoms with Gasteiger partial charge in [-0.15, -0.1) is 11.3 Å². The molecule has 0 radical (unpaired) electrons. The summed E-state index contributed by atoms with van der Waals surface area (Å²) in [5.41, 5.74) is 1.32. The van der Waals surface area contributed by atoms with Crippen molar-refractivity contribution in [1.29, 1.82) is 0 Å². The van der Waals surface area contributed by atoms with Crippen molar-refractivity contribution >= 4 is 34.2 Å². The number of pyridine rings is 1. The first-order chi connectivity index (χ1) is 15.2. The Balaban J connectivity index is 1.21. The molecule has 1 amide bonds. The molecule has 3 heterocycles. The van der Waals surface area contributed by atoms with E-state index in [9.17, 15) is 9.59 Å². The Labute approximate surface area is 184 Å². The smallest absolute Gasteiger partial charge is 0.358 e. The van der Waals surface area contributed by atoms with Gasteiger partial charge >= 0.3 is 5.97 Å². The molecule has 0 saturated carbocycles. The van der Waals surface area contributed by atoms with Crippen LogP contribution < -0.4 is 10.2 Å². The molecule has 31 heavy (non-hydrogen) atoms. The van der Waals surface area contributed by atoms with Gasteiger partial charge in [-0.3, -0.25) is 4.79 Å². The normalized spacial score (nSPS) is 13.7. The molecule has 1 aliphatic rings. The van der Waals surface area contributed by atoms with Crippen LogP contribution in [0.15, 0.2) is 60.1 Å². The molecule has 0 bridgehead atoms. The molecule has 1 N–H and O–H groups in total. The highest BCUT2D eigenvalue weighted by atomic mass is 32.1. The van der Waals surface area contributed by atoms with Crippen molar-refractivity contribution < 1.29 is 14.3 Å². The van der Waals surface area contributed by atoms with Crippen molar-refractivity contribution in [2.24, 2.45) is 0 Å². The molecule has 0 spiro atoms. The van der Waals surface area contributed by atoms with Gasteiger partial charge in [0, 0.05) is 44.3 Å². The maximum Gasteiger partial charge on any atom is 0.358 e. The van der Waals surface area contributed by atoms with Crippen molar-refractivity contribution in [2.75, 3.05) is 43.0 Å². The first kappa shape index (κ1) is 20.8. The van der Waals surface area contributed by atoms with Crippen LogP contribution >= 0.6 is 11.3 Å². The van der Waals surface area contributed by atoms with Crippen LogP contribution in [0.4, 0.5) is 10.9 Å². The molecule has 8 nitrogen and oxygen atoms in total. The summed E-state index contributed by atoms with van der Waals surface area (Å²) in [6.07, 6.45) is 1.76. The second-order valence-corrected chi connectivity index (χ2v) is 7.87. The Bertz CT molecular complexity index is 1000. The lowest BCUT2D eigenvalue weighted by atomic mass is 10.2. The number of hydrogen-bond donors (Lipinski definition) is 1. The van der Waals surface area contributed by atoms with Crippen molar-refractivity contribution in [3.05, 3.63) is 71.4 Å². The van der Waals surface area contributed by atoms with E-state index in [0.29, 0.717) is 37.9 Å². The number of anilines is 2. The number of nitrogens with one attached hydrogen (secondary N) is 1. The van der Waals surface area contributed by atoms with E-state index < -0.39 is 5.97 Å². The highest BCUT2D eigenvalue weighted by Crippen LogP contribution is 2.17. The van der Waals surface area contributed by atoms with Gasteiger partial charge in [0.1, 0.15) is 5.82 Å². The van der Waals surface area contributed by atoms with Gasteiger partial charge in [0.2, 0.25) is 0 Å². The van der Waals surface area contributed by atoms with Gasteiger partial charge < -0.3 is 19.9 Å². The topological polar surface area (TPSA) is 87.7 Å². The number of thiazole rings is 1. The van der Waals surface area contributed by atoms with Crippen molar-refractivity contribution in [2.45, 2.75) is 6.54 Å². The van der Waals surface area contributed by atoms with Crippen LogP contribution in [0.3, 0.4) is 0 Å². The summed E-state index contributed by atoms with van der Waals surface area (Å²) in [5, 5.41) is 5.45. The average molecular weight is 438 g/mol. The summed E-state index contributed by atoms with van der Waals surface area (Å²) in [6, 6.07) is 15.7. The lowest BCUT2D eigenvalue weighted by Crippen LogP contribution is -2.50. The Morgan fingerprint density at radius 3 is 2.55 bits per heavy atom. The lowest BCUT2D eigenvalue weighted by Gasteiger charge is -2.35. The van der Waals surface area contributed by atoms with Crippen LogP contribution in [0.2, 0.25) is 0 Å². The molecule has 2 aromatic heterocycles. The number of piperazine rings is 1. The van der Waals surface area contributed by atoms with E-state index >= 15 is 0 Å². The van der Waals surface area contributed by atoms with E-state index in [2.05, 4.69) is 20.2 Å². The van der Waals surface area contributed by atoms with E-state index in [1.54, 1.807) is 16.5 Å². The van der Waals surface area contributed by atoms with E-state index in [1.807, 2.05) is 48.5 Å². The van der Waals surface area contributed by atoms with Crippen molar-refractivity contribution in [1.82, 2.24) is 14.9 Å². The molecule has 0 atom stereocenters. The molecule has 1 saturated heterocycles. The van der Waals surface area contributed by atoms with E-state index in [0.717, 1.165) is 11.4 Å². The Morgan fingerprint density at radius 2 is 1.81 bits per heavy atom. The van der Waals surface area contributed by atoms with Crippen LogP contribution in [0.1, 0.15) is 16.1 Å². The molecule has 4 rings (SSSR count). The zero-order valence-corrected chi connectivity index (χ0v) is 17.8. The summed E-state index contributed by atoms with van der Waals surface area (Å²) >= 11 is 1.33. The zero-order chi connectivity index (χ0) is 21.5. The molecule has 9 heteroatoms. The Hall–Kier alpha value is -3.46. The molecule has 160 valence electrons. The summed E-state index contributed by atoms with van der Waals surface area (Å²) < 4.78 is 5.19. The monoisotopic (exact) mass is 437 g/mol. The molecule has 0 unspecified atom stereocenters. The number of amides is 1. The minimum Gasteiger partial charge on any atom is -0.451 e. The van der Waals surface area contributed by atoms with Crippen molar-refractivity contribution in [3.63, 3.8) is 0 Å². The van der Waals surface area contributed by atoms with Crippen LogP contribution in [0, 0.1) is 0 Å². The number of carbonyl (C=O) groups is 2. The fourth-order valence-corrected chi connectivity index (χ4v) is 3.92. The van der Waals surface area contributed by atoms with Gasteiger partial charge in [0.15, 0.2) is 17.4 Å². The minimum absolute atomic E-state index is 0.202. The predicted molar refractivity (Wildman–Crippen MR) is 119 cm³/mol. The standard InChI is InChI=1S/C22H23N5O3S/c28-20(27-12-10-26(11-13-27)19-8-4-5-9-23-19)15-30-21(29)18-16-31-22(25-18)24-14-17-6-2-1-3-7-17/h1-9,16H,10-15H2,(H,24,25). The maximum absolute atomic E-state index is 12.4. The van der Waals surface area contributed by atoms with Crippen molar-refractivity contribution in [3.8, 4) is 0 Å². The highest BCUT2D eigenvalue weighted by Gasteiger charge is 2.23. The van der Waals surface area contributed by atoms with Gasteiger partial charge in [-0.25, -0.2) is 14.8 Å². The fourth-order valence-electron chi connectivity index (χ4n) is 3.24. The number of ether oxygens (including phenoxy) is 1. The third-order valence-corrected chi connectivity index (χ3v) is 5.73. The maximum atomic E-state index is 12.4. The molecule has 0 aliphatic carbocycles. The van der Waals surface area contributed by atoms with Crippen LogP contribution in [0.5, 0.6) is 0 Å². The molecule has 1 fully saturated rings. The summed E-state index contributed by atoms with van der Waals surface area (Å²) in [6.45, 7) is 2.85. The second-order valence-electron chi connectivity index (χ2n) is 7.01. The fraction of sp³-hybridized carbons (Fsp3) is 0.273. The van der Waals surface area contributed by atoms with E-state index in [-0.39, 0.29) is 18.2 Å². The number of carbonyl (C=O) groups excluding carboxylic acids is 2. The van der Waals surface area contributed by atoms with Gasteiger partial charge in [0.25, 0.3) is 5.91 Å². The molecule has 1 aliphatic heterocycles. The third kappa shape index (κ3) is 5.58. The minimum atomic E-state index is -0.593.